The van der Waals surface area contributed by atoms with Crippen molar-refractivity contribution in [3.05, 3.63) is 24.3 Å². The number of nitrogens with two attached hydrogens (primary N) is 1. The van der Waals surface area contributed by atoms with Gasteiger partial charge in [-0.05, 0) is 18.6 Å². The van der Waals surface area contributed by atoms with E-state index in [9.17, 15) is 4.79 Å². The lowest BCUT2D eigenvalue weighted by Gasteiger charge is -2.09. The number of amides is 2. The van der Waals surface area contributed by atoms with Gasteiger partial charge >= 0.3 is 6.03 Å². The average molecular weight is 251 g/mol. The summed E-state index contributed by atoms with van der Waals surface area (Å²) >= 11 is 0. The Balaban J connectivity index is 2.09. The topological polar surface area (TPSA) is 76.4 Å². The molecule has 0 aliphatic heterocycles. The number of nitrogen functional groups attached to an aromatic ring is 1. The Morgan fingerprint density at radius 2 is 2.11 bits per heavy atom. The molecule has 5 nitrogen and oxygen atoms in total. The van der Waals surface area contributed by atoms with Crippen molar-refractivity contribution in [2.75, 3.05) is 25.4 Å². The van der Waals surface area contributed by atoms with Gasteiger partial charge in [0.25, 0.3) is 0 Å². The van der Waals surface area contributed by atoms with E-state index in [0.717, 1.165) is 12.8 Å². The van der Waals surface area contributed by atoms with Gasteiger partial charge in [-0.3, -0.25) is 0 Å². The summed E-state index contributed by atoms with van der Waals surface area (Å²) in [6, 6.07) is 7.06. The molecule has 1 aromatic carbocycles. The summed E-state index contributed by atoms with van der Waals surface area (Å²) in [5, 5.41) is 5.49. The van der Waals surface area contributed by atoms with Gasteiger partial charge in [-0.25, -0.2) is 4.79 Å². The number of nitrogens with one attached hydrogen (secondary N) is 2. The van der Waals surface area contributed by atoms with Crippen LogP contribution in [0.25, 0.3) is 0 Å². The minimum absolute atomic E-state index is 0.153. The number of hydrogen-bond donors (Lipinski definition) is 3. The Labute approximate surface area is 108 Å². The van der Waals surface area contributed by atoms with E-state index < -0.39 is 0 Å². The average Bonchev–Trinajstić information content (AvgIpc) is 2.35. The third kappa shape index (κ3) is 5.98. The molecule has 2 amide bonds. The van der Waals surface area contributed by atoms with Crippen molar-refractivity contribution in [1.82, 2.24) is 10.6 Å². The Hall–Kier alpha value is -1.91. The van der Waals surface area contributed by atoms with Crippen LogP contribution in [0, 0.1) is 0 Å². The Kier molecular flexibility index (Phi) is 6.46. The first kappa shape index (κ1) is 14.2. The number of carbonyl (C=O) groups is 1. The maximum atomic E-state index is 11.3. The second-order valence-corrected chi connectivity index (χ2v) is 3.96. The summed E-state index contributed by atoms with van der Waals surface area (Å²) in [5.41, 5.74) is 6.28. The number of rotatable bonds is 7. The van der Waals surface area contributed by atoms with Crippen molar-refractivity contribution >= 4 is 11.7 Å². The third-order valence-electron chi connectivity index (χ3n) is 2.33. The van der Waals surface area contributed by atoms with Gasteiger partial charge in [0.2, 0.25) is 0 Å². The Morgan fingerprint density at radius 3 is 2.83 bits per heavy atom. The molecule has 0 radical (unpaired) electrons. The van der Waals surface area contributed by atoms with Crippen LogP contribution in [-0.4, -0.2) is 25.7 Å². The highest BCUT2D eigenvalue weighted by atomic mass is 16.5. The van der Waals surface area contributed by atoms with E-state index in [2.05, 4.69) is 17.6 Å². The molecule has 0 atom stereocenters. The molecule has 4 N–H and O–H groups in total. The molecule has 18 heavy (non-hydrogen) atoms. The number of carbonyl (C=O) groups excluding carboxylic acids is 1. The smallest absolute Gasteiger partial charge is 0.314 e. The standard InChI is InChI=1S/C13H21N3O2/c1-2-3-7-15-13(17)16-8-9-18-12-6-4-5-11(14)10-12/h4-6,10H,2-3,7-9,14H2,1H3,(H2,15,16,17). The number of benzene rings is 1. The highest BCUT2D eigenvalue weighted by Crippen LogP contribution is 2.13. The zero-order valence-corrected chi connectivity index (χ0v) is 10.7. The summed E-state index contributed by atoms with van der Waals surface area (Å²) in [5.74, 6) is 0.711. The summed E-state index contributed by atoms with van der Waals surface area (Å²) in [6.45, 7) is 3.68. The van der Waals surface area contributed by atoms with Crippen molar-refractivity contribution in [3.63, 3.8) is 0 Å². The fraction of sp³-hybridized carbons (Fsp3) is 0.462. The van der Waals surface area contributed by atoms with Crippen LogP contribution in [0.15, 0.2) is 24.3 Å². The molecule has 0 fully saturated rings. The summed E-state index contributed by atoms with van der Waals surface area (Å²) in [4.78, 5) is 11.3. The first-order chi connectivity index (χ1) is 8.72. The van der Waals surface area contributed by atoms with Crippen molar-refractivity contribution in [2.24, 2.45) is 0 Å². The van der Waals surface area contributed by atoms with Crippen LogP contribution in [0.2, 0.25) is 0 Å². The van der Waals surface area contributed by atoms with Gasteiger partial charge in [-0.2, -0.15) is 0 Å². The van der Waals surface area contributed by atoms with Gasteiger partial charge in [0, 0.05) is 18.3 Å². The maximum absolute atomic E-state index is 11.3. The highest BCUT2D eigenvalue weighted by molar-refractivity contribution is 5.73. The molecule has 0 spiro atoms. The predicted molar refractivity (Wildman–Crippen MR) is 72.7 cm³/mol. The molecule has 100 valence electrons. The van der Waals surface area contributed by atoms with E-state index in [0.29, 0.717) is 31.1 Å². The molecule has 0 bridgehead atoms. The summed E-state index contributed by atoms with van der Waals surface area (Å²) < 4.78 is 5.44. The summed E-state index contributed by atoms with van der Waals surface area (Å²) in [7, 11) is 0. The molecule has 0 aliphatic rings. The lowest BCUT2D eigenvalue weighted by molar-refractivity contribution is 0.236. The monoisotopic (exact) mass is 251 g/mol. The molecule has 0 aromatic heterocycles. The second-order valence-electron chi connectivity index (χ2n) is 3.96. The fourth-order valence-electron chi connectivity index (χ4n) is 1.38. The van der Waals surface area contributed by atoms with Crippen LogP contribution >= 0.6 is 0 Å². The van der Waals surface area contributed by atoms with Crippen LogP contribution in [0.4, 0.5) is 10.5 Å². The molecular weight excluding hydrogens is 230 g/mol. The van der Waals surface area contributed by atoms with Crippen molar-refractivity contribution < 1.29 is 9.53 Å². The van der Waals surface area contributed by atoms with E-state index in [1.54, 1.807) is 12.1 Å². The molecular formula is C13H21N3O2. The first-order valence-electron chi connectivity index (χ1n) is 6.22. The van der Waals surface area contributed by atoms with Gasteiger partial charge in [-0.15, -0.1) is 0 Å². The minimum Gasteiger partial charge on any atom is -0.492 e. The van der Waals surface area contributed by atoms with Crippen LogP contribution in [-0.2, 0) is 0 Å². The van der Waals surface area contributed by atoms with Gasteiger partial charge < -0.3 is 21.1 Å². The molecule has 0 aliphatic carbocycles. The molecule has 1 rings (SSSR count). The second kappa shape index (κ2) is 8.22. The van der Waals surface area contributed by atoms with Gasteiger partial charge in [0.05, 0.1) is 6.54 Å². The van der Waals surface area contributed by atoms with Gasteiger partial charge in [0.15, 0.2) is 0 Å². The molecule has 5 heteroatoms. The lowest BCUT2D eigenvalue weighted by atomic mass is 10.3. The SMILES string of the molecule is CCCCNC(=O)NCCOc1cccc(N)c1. The number of urea groups is 1. The summed E-state index contributed by atoms with van der Waals surface area (Å²) in [6.07, 6.45) is 2.06. The maximum Gasteiger partial charge on any atom is 0.314 e. The van der Waals surface area contributed by atoms with Crippen LogP contribution in [0.5, 0.6) is 5.75 Å². The number of ether oxygens (including phenoxy) is 1. The fourth-order valence-corrected chi connectivity index (χ4v) is 1.38. The zero-order chi connectivity index (χ0) is 13.2. The van der Waals surface area contributed by atoms with Gasteiger partial charge in [0.1, 0.15) is 12.4 Å². The van der Waals surface area contributed by atoms with E-state index in [-0.39, 0.29) is 6.03 Å². The largest absolute Gasteiger partial charge is 0.492 e. The van der Waals surface area contributed by atoms with E-state index >= 15 is 0 Å². The Bertz CT molecular complexity index is 369. The van der Waals surface area contributed by atoms with E-state index in [4.69, 9.17) is 10.5 Å². The minimum atomic E-state index is -0.153. The molecule has 1 aromatic rings. The van der Waals surface area contributed by atoms with Crippen LogP contribution < -0.4 is 21.1 Å². The van der Waals surface area contributed by atoms with Crippen molar-refractivity contribution in [1.29, 1.82) is 0 Å². The Morgan fingerprint density at radius 1 is 1.33 bits per heavy atom. The molecule has 0 heterocycles. The molecule has 0 saturated carbocycles. The molecule has 0 saturated heterocycles. The highest BCUT2D eigenvalue weighted by Gasteiger charge is 1.98. The van der Waals surface area contributed by atoms with Gasteiger partial charge in [-0.1, -0.05) is 19.4 Å². The van der Waals surface area contributed by atoms with E-state index in [1.807, 2.05) is 12.1 Å². The zero-order valence-electron chi connectivity index (χ0n) is 10.7. The normalized spacial score (nSPS) is 9.83. The first-order valence-corrected chi connectivity index (χ1v) is 6.22. The van der Waals surface area contributed by atoms with Crippen LogP contribution in [0.3, 0.4) is 0 Å². The number of anilines is 1. The lowest BCUT2D eigenvalue weighted by Crippen LogP contribution is -2.38. The molecule has 0 unspecified atom stereocenters. The van der Waals surface area contributed by atoms with Crippen molar-refractivity contribution in [2.45, 2.75) is 19.8 Å². The number of unbranched alkanes of at least 4 members (excludes halogenated alkanes) is 1. The number of hydrogen-bond acceptors (Lipinski definition) is 3. The quantitative estimate of drug-likeness (QED) is 0.510. The van der Waals surface area contributed by atoms with E-state index in [1.165, 1.54) is 0 Å². The van der Waals surface area contributed by atoms with Crippen LogP contribution in [0.1, 0.15) is 19.8 Å². The predicted octanol–water partition coefficient (Wildman–Crippen LogP) is 1.75. The third-order valence-corrected chi connectivity index (χ3v) is 2.33. The van der Waals surface area contributed by atoms with Crippen molar-refractivity contribution in [3.8, 4) is 5.75 Å².